The van der Waals surface area contributed by atoms with E-state index >= 15 is 0 Å². The van der Waals surface area contributed by atoms with Crippen molar-refractivity contribution >= 4 is 24.2 Å². The molecule has 0 bridgehead atoms. The molecule has 0 aliphatic heterocycles. The van der Waals surface area contributed by atoms with Gasteiger partial charge in [-0.3, -0.25) is 0 Å². The fraction of sp³-hybridized carbons (Fsp3) is 1.00. The fourth-order valence-electron chi connectivity index (χ4n) is 0. The van der Waals surface area contributed by atoms with Crippen LogP contribution in [0.15, 0.2) is 0 Å². The molecule has 3 heteroatoms. The van der Waals surface area contributed by atoms with Gasteiger partial charge in [0.15, 0.2) is 0 Å². The summed E-state index contributed by atoms with van der Waals surface area (Å²) in [5.41, 5.74) is 0. The monoisotopic (exact) mass is 90.0 g/mol. The van der Waals surface area contributed by atoms with Crippen LogP contribution in [0.2, 0.25) is 0 Å². The van der Waals surface area contributed by atoms with Gasteiger partial charge in [-0.05, 0) is 0 Å². The van der Waals surface area contributed by atoms with Gasteiger partial charge in [0.1, 0.15) is 0 Å². The molecule has 0 aliphatic rings. The van der Waals surface area contributed by atoms with Gasteiger partial charge in [-0.25, -0.2) is 0 Å². The van der Waals surface area contributed by atoms with Crippen LogP contribution in [0.4, 0.5) is 0 Å². The first-order valence-electron chi connectivity index (χ1n) is 0.848. The first-order valence-corrected chi connectivity index (χ1v) is 3.77. The van der Waals surface area contributed by atoms with E-state index in [2.05, 4.69) is 8.02 Å². The fourth-order valence-corrected chi connectivity index (χ4v) is 0. The molecular formula is CH4BPS-. The Morgan fingerprint density at radius 2 is 2.00 bits per heavy atom. The summed E-state index contributed by atoms with van der Waals surface area (Å²) >= 11 is 0. The number of rotatable bonds is 0. The summed E-state index contributed by atoms with van der Waals surface area (Å²) in [4.78, 5) is 0. The molecule has 0 fully saturated rings. The Balaban J connectivity index is 3.51. The summed E-state index contributed by atoms with van der Waals surface area (Å²) in [5.74, 6) is 0. The quantitative estimate of drug-likeness (QED) is 0.229. The summed E-state index contributed by atoms with van der Waals surface area (Å²) in [6.07, 6.45) is 1.89. The topological polar surface area (TPSA) is 0 Å². The van der Waals surface area contributed by atoms with E-state index in [0.29, 0.717) is 0 Å². The van der Waals surface area contributed by atoms with E-state index in [4.69, 9.17) is 6.72 Å². The zero-order chi connectivity index (χ0) is 3.58. The molecule has 0 spiro atoms. The molecule has 0 rings (SSSR count). The first-order chi connectivity index (χ1) is 1.73. The van der Waals surface area contributed by atoms with Gasteiger partial charge in [0.05, 0.1) is 0 Å². The molecule has 1 radical (unpaired) electrons. The zero-order valence-electron chi connectivity index (χ0n) is 2.49. The molecule has 0 unspecified atom stereocenters. The summed E-state index contributed by atoms with van der Waals surface area (Å²) in [6.45, 7) is 5.05. The van der Waals surface area contributed by atoms with Gasteiger partial charge in [-0.1, -0.05) is 0 Å². The van der Waals surface area contributed by atoms with Gasteiger partial charge in [-0.15, -0.1) is 0 Å². The van der Waals surface area contributed by atoms with Crippen LogP contribution in [-0.2, 0) is 9.50 Å². The molecule has 0 aromatic rings. The van der Waals surface area contributed by atoms with Crippen LogP contribution in [0.25, 0.3) is 0 Å². The van der Waals surface area contributed by atoms with Gasteiger partial charge in [0, 0.05) is 0 Å². The third-order valence-electron chi connectivity index (χ3n) is 0. The summed E-state index contributed by atoms with van der Waals surface area (Å²) < 4.78 is 0. The Kier molecular flexibility index (Phi) is 2.34. The maximum absolute atomic E-state index is 5.05. The molecule has 0 aromatic carbocycles. The van der Waals surface area contributed by atoms with Crippen molar-refractivity contribution in [1.82, 2.24) is 0 Å². The number of hydrogen-bond donors (Lipinski definition) is 0. The molecule has 0 N–H and O–H groups in total. The van der Waals surface area contributed by atoms with Gasteiger partial charge in [0.2, 0.25) is 0 Å². The zero-order valence-corrected chi connectivity index (χ0v) is 4.30. The summed E-state index contributed by atoms with van der Waals surface area (Å²) in [5, 5.41) is 0. The molecule has 0 atom stereocenters. The standard InChI is InChI=1S/CH4BPS/c1-4(2)3/h3H,1H3/q-1. The number of hydrogen-bond acceptors (Lipinski definition) is 1. The first kappa shape index (κ1) is 4.71. The Hall–Kier alpha value is 0.715. The average molecular weight is 89.9 g/mol. The van der Waals surface area contributed by atoms with Crippen LogP contribution in [0.3, 0.4) is 0 Å². The molecule has 0 nitrogen and oxygen atoms in total. The van der Waals surface area contributed by atoms with Gasteiger partial charge in [0.25, 0.3) is 0 Å². The molecule has 23 valence electrons. The maximum atomic E-state index is 5.05. The summed E-state index contributed by atoms with van der Waals surface area (Å²) in [7, 11) is 3.06. The Bertz CT molecular complexity index is 56.4. The van der Waals surface area contributed by atoms with Gasteiger partial charge in [-0.2, -0.15) is 0 Å². The molecule has 0 aliphatic carbocycles. The molecular weight excluding hydrogens is 85.9 g/mol. The molecule has 0 aromatic heterocycles. The van der Waals surface area contributed by atoms with Crippen molar-refractivity contribution in [2.45, 2.75) is 0 Å². The van der Waals surface area contributed by atoms with E-state index in [1.807, 2.05) is 6.26 Å². The second kappa shape index (κ2) is 1.98. The van der Waals surface area contributed by atoms with Crippen LogP contribution in [-0.4, -0.2) is 13.0 Å². The van der Waals surface area contributed by atoms with Gasteiger partial charge >= 0.3 is 30.5 Å². The van der Waals surface area contributed by atoms with Crippen molar-refractivity contribution in [2.24, 2.45) is 0 Å². The second-order valence-electron chi connectivity index (χ2n) is 0.558. The summed E-state index contributed by atoms with van der Waals surface area (Å²) in [6, 6.07) is 0. The minimum atomic E-state index is -0.0556. The van der Waals surface area contributed by atoms with E-state index in [0.717, 1.165) is 0 Å². The van der Waals surface area contributed by atoms with Crippen molar-refractivity contribution in [3.8, 4) is 0 Å². The van der Waals surface area contributed by atoms with Crippen LogP contribution < -0.4 is 0 Å². The van der Waals surface area contributed by atoms with E-state index in [1.165, 1.54) is 0 Å². The van der Waals surface area contributed by atoms with Gasteiger partial charge < -0.3 is 0 Å². The minimum absolute atomic E-state index is 0.0556. The Morgan fingerprint density at radius 3 is 2.00 bits per heavy atom. The van der Waals surface area contributed by atoms with Crippen LogP contribution >= 0.6 is 8.02 Å². The van der Waals surface area contributed by atoms with Crippen molar-refractivity contribution in [1.29, 1.82) is 0 Å². The van der Waals surface area contributed by atoms with Crippen molar-refractivity contribution < 1.29 is 0 Å². The Labute approximate surface area is 31.3 Å². The van der Waals surface area contributed by atoms with E-state index in [-0.39, 0.29) is 9.50 Å². The van der Waals surface area contributed by atoms with Crippen LogP contribution in [0.1, 0.15) is 0 Å². The third kappa shape index (κ3) is 15.6. The SMILES string of the molecule is [B]=[S-](C)=P. The van der Waals surface area contributed by atoms with Crippen molar-refractivity contribution in [3.63, 3.8) is 0 Å². The van der Waals surface area contributed by atoms with Crippen molar-refractivity contribution in [3.05, 3.63) is 0 Å². The second-order valence-corrected chi connectivity index (χ2v) is 3.60. The van der Waals surface area contributed by atoms with E-state index in [1.54, 1.807) is 0 Å². The van der Waals surface area contributed by atoms with E-state index in [9.17, 15) is 0 Å². The third-order valence-corrected chi connectivity index (χ3v) is 0. The normalized spacial score (nSPS) is 8.25. The molecule has 4 heavy (non-hydrogen) atoms. The van der Waals surface area contributed by atoms with Crippen LogP contribution in [0, 0.1) is 0 Å². The molecule has 0 heterocycles. The predicted molar refractivity (Wildman–Crippen MR) is 27.4 cm³/mol. The van der Waals surface area contributed by atoms with Crippen LogP contribution in [0.5, 0.6) is 0 Å². The Morgan fingerprint density at radius 1 is 2.00 bits per heavy atom. The van der Waals surface area contributed by atoms with E-state index < -0.39 is 0 Å². The van der Waals surface area contributed by atoms with Crippen molar-refractivity contribution in [2.75, 3.05) is 6.26 Å². The molecule has 0 saturated heterocycles. The molecule has 0 amide bonds. The molecule has 0 saturated carbocycles. The average Bonchev–Trinajstić information content (AvgIpc) is 0.811. The predicted octanol–water partition coefficient (Wildman–Crippen LogP) is 0.376.